The van der Waals surface area contributed by atoms with Crippen LogP contribution in [-0.4, -0.2) is 45.4 Å². The van der Waals surface area contributed by atoms with Crippen LogP contribution in [0.5, 0.6) is 11.5 Å². The number of allylic oxidation sites excluding steroid dienone is 1. The normalized spacial score (nSPS) is 11.7. The van der Waals surface area contributed by atoms with Gasteiger partial charge in [0.2, 0.25) is 0 Å². The average molecular weight is 488 g/mol. The first-order valence-electron chi connectivity index (χ1n) is 11.4. The molecule has 1 aromatic heterocycles. The lowest BCUT2D eigenvalue weighted by Crippen LogP contribution is -2.20. The summed E-state index contributed by atoms with van der Waals surface area (Å²) in [6.07, 6.45) is 2.56. The van der Waals surface area contributed by atoms with E-state index in [9.17, 15) is 5.11 Å². The van der Waals surface area contributed by atoms with Gasteiger partial charge in [0, 0.05) is 17.9 Å². The van der Waals surface area contributed by atoms with Gasteiger partial charge in [-0.2, -0.15) is 0 Å². The standard InChI is InChI=1S/C28H29N3O3S/c1-3-10-21-15-16-25(26(17-21)33-2)34-19-24(32)20-35-28-30-29-27(18-22-11-6-4-7-12-22)31(28)23-13-8-5-9-14-23/h3-9,11-17,24,32H,1,10,18-20H2,2H3. The van der Waals surface area contributed by atoms with Gasteiger partial charge in [-0.1, -0.05) is 72.4 Å². The second-order valence-corrected chi connectivity index (χ2v) is 8.97. The molecule has 4 rings (SSSR count). The number of thioether (sulfide) groups is 1. The van der Waals surface area contributed by atoms with Gasteiger partial charge in [-0.05, 0) is 41.8 Å². The number of hydrogen-bond acceptors (Lipinski definition) is 6. The Balaban J connectivity index is 1.43. The molecule has 1 unspecified atom stereocenters. The molecule has 6 nitrogen and oxygen atoms in total. The third-order valence-corrected chi connectivity index (χ3v) is 6.44. The van der Waals surface area contributed by atoms with Crippen LogP contribution in [0.2, 0.25) is 0 Å². The van der Waals surface area contributed by atoms with Gasteiger partial charge in [0.25, 0.3) is 0 Å². The first-order chi connectivity index (χ1) is 17.2. The summed E-state index contributed by atoms with van der Waals surface area (Å²) in [4.78, 5) is 0. The zero-order valence-electron chi connectivity index (χ0n) is 19.7. The molecule has 0 saturated heterocycles. The molecule has 35 heavy (non-hydrogen) atoms. The quantitative estimate of drug-likeness (QED) is 0.221. The van der Waals surface area contributed by atoms with E-state index in [4.69, 9.17) is 9.47 Å². The summed E-state index contributed by atoms with van der Waals surface area (Å²) in [6, 6.07) is 26.0. The van der Waals surface area contributed by atoms with E-state index in [2.05, 4.69) is 28.9 Å². The lowest BCUT2D eigenvalue weighted by atomic mass is 10.1. The first kappa shape index (κ1) is 24.6. The van der Waals surface area contributed by atoms with Gasteiger partial charge in [0.15, 0.2) is 16.7 Å². The van der Waals surface area contributed by atoms with Crippen molar-refractivity contribution >= 4 is 11.8 Å². The maximum Gasteiger partial charge on any atom is 0.195 e. The fourth-order valence-electron chi connectivity index (χ4n) is 3.65. The van der Waals surface area contributed by atoms with E-state index in [0.29, 0.717) is 23.7 Å². The summed E-state index contributed by atoms with van der Waals surface area (Å²) in [5.41, 5.74) is 3.24. The summed E-state index contributed by atoms with van der Waals surface area (Å²) in [5, 5.41) is 20.2. The predicted octanol–water partition coefficient (Wildman–Crippen LogP) is 5.13. The van der Waals surface area contributed by atoms with Gasteiger partial charge >= 0.3 is 0 Å². The summed E-state index contributed by atoms with van der Waals surface area (Å²) in [6.45, 7) is 3.91. The van der Waals surface area contributed by atoms with Crippen LogP contribution in [0, 0.1) is 0 Å². The summed E-state index contributed by atoms with van der Waals surface area (Å²) in [5.74, 6) is 2.49. The molecule has 3 aromatic carbocycles. The number of nitrogens with zero attached hydrogens (tertiary/aromatic N) is 3. The van der Waals surface area contributed by atoms with Crippen LogP contribution in [-0.2, 0) is 12.8 Å². The van der Waals surface area contributed by atoms with E-state index in [1.807, 2.05) is 77.4 Å². The fourth-order valence-corrected chi connectivity index (χ4v) is 4.53. The highest BCUT2D eigenvalue weighted by Crippen LogP contribution is 2.29. The van der Waals surface area contributed by atoms with E-state index < -0.39 is 6.10 Å². The fraction of sp³-hybridized carbons (Fsp3) is 0.214. The highest BCUT2D eigenvalue weighted by molar-refractivity contribution is 7.99. The molecule has 0 fully saturated rings. The molecule has 0 spiro atoms. The zero-order valence-corrected chi connectivity index (χ0v) is 20.5. The van der Waals surface area contributed by atoms with Crippen molar-refractivity contribution in [2.24, 2.45) is 0 Å². The number of aliphatic hydroxyl groups excluding tert-OH is 1. The molecule has 0 aliphatic carbocycles. The van der Waals surface area contributed by atoms with Gasteiger partial charge in [-0.15, -0.1) is 16.8 Å². The minimum Gasteiger partial charge on any atom is -0.493 e. The Morgan fingerprint density at radius 2 is 1.71 bits per heavy atom. The van der Waals surface area contributed by atoms with Crippen molar-refractivity contribution in [1.29, 1.82) is 0 Å². The SMILES string of the molecule is C=CCc1ccc(OCC(O)CSc2nnc(Cc3ccccc3)n2-c2ccccc2)c(OC)c1. The van der Waals surface area contributed by atoms with Crippen LogP contribution in [0.25, 0.3) is 5.69 Å². The summed E-state index contributed by atoms with van der Waals surface area (Å²) < 4.78 is 13.3. The van der Waals surface area contributed by atoms with Crippen molar-refractivity contribution in [3.05, 3.63) is 108 Å². The molecule has 0 aliphatic heterocycles. The van der Waals surface area contributed by atoms with E-state index in [0.717, 1.165) is 34.2 Å². The van der Waals surface area contributed by atoms with Gasteiger partial charge < -0.3 is 14.6 Å². The number of methoxy groups -OCH3 is 1. The lowest BCUT2D eigenvalue weighted by Gasteiger charge is -2.15. The highest BCUT2D eigenvalue weighted by atomic mass is 32.2. The van der Waals surface area contributed by atoms with E-state index in [-0.39, 0.29) is 6.61 Å². The highest BCUT2D eigenvalue weighted by Gasteiger charge is 2.17. The molecular formula is C28H29N3O3S. The maximum absolute atomic E-state index is 10.6. The number of benzene rings is 3. The Bertz CT molecular complexity index is 1230. The zero-order chi connectivity index (χ0) is 24.5. The smallest absolute Gasteiger partial charge is 0.195 e. The monoisotopic (exact) mass is 487 g/mol. The van der Waals surface area contributed by atoms with Crippen molar-refractivity contribution in [3.8, 4) is 17.2 Å². The number of aromatic nitrogens is 3. The molecule has 1 atom stereocenters. The van der Waals surface area contributed by atoms with Crippen LogP contribution in [0.1, 0.15) is 17.0 Å². The Kier molecular flexibility index (Phi) is 8.59. The molecule has 7 heteroatoms. The van der Waals surface area contributed by atoms with Crippen molar-refractivity contribution < 1.29 is 14.6 Å². The summed E-state index contributed by atoms with van der Waals surface area (Å²) in [7, 11) is 1.61. The Morgan fingerprint density at radius 3 is 2.43 bits per heavy atom. The number of ether oxygens (including phenoxy) is 2. The van der Waals surface area contributed by atoms with Crippen LogP contribution in [0.15, 0.2) is 96.7 Å². The molecule has 0 amide bonds. The van der Waals surface area contributed by atoms with Gasteiger partial charge in [0.1, 0.15) is 12.4 Å². The van der Waals surface area contributed by atoms with Crippen LogP contribution < -0.4 is 9.47 Å². The first-order valence-corrected chi connectivity index (χ1v) is 12.4. The third kappa shape index (κ3) is 6.53. The van der Waals surface area contributed by atoms with Crippen molar-refractivity contribution in [2.45, 2.75) is 24.1 Å². The van der Waals surface area contributed by atoms with Gasteiger partial charge in [-0.25, -0.2) is 0 Å². The molecule has 1 heterocycles. The molecule has 0 bridgehead atoms. The number of hydrogen-bond donors (Lipinski definition) is 1. The average Bonchev–Trinajstić information content (AvgIpc) is 3.30. The Hall–Kier alpha value is -3.55. The number of aliphatic hydroxyl groups is 1. The molecule has 1 N–H and O–H groups in total. The Morgan fingerprint density at radius 1 is 0.971 bits per heavy atom. The van der Waals surface area contributed by atoms with E-state index >= 15 is 0 Å². The molecular weight excluding hydrogens is 458 g/mol. The number of rotatable bonds is 12. The largest absolute Gasteiger partial charge is 0.493 e. The third-order valence-electron chi connectivity index (χ3n) is 5.36. The molecule has 0 saturated carbocycles. The minimum atomic E-state index is -0.698. The topological polar surface area (TPSA) is 69.4 Å². The second kappa shape index (κ2) is 12.2. The van der Waals surface area contributed by atoms with Crippen LogP contribution in [0.4, 0.5) is 0 Å². The predicted molar refractivity (Wildman–Crippen MR) is 140 cm³/mol. The second-order valence-electron chi connectivity index (χ2n) is 7.99. The van der Waals surface area contributed by atoms with Crippen molar-refractivity contribution in [3.63, 3.8) is 0 Å². The lowest BCUT2D eigenvalue weighted by molar-refractivity contribution is 0.124. The van der Waals surface area contributed by atoms with E-state index in [1.165, 1.54) is 11.8 Å². The molecule has 0 aliphatic rings. The molecule has 0 radical (unpaired) electrons. The molecule has 180 valence electrons. The van der Waals surface area contributed by atoms with Crippen molar-refractivity contribution in [1.82, 2.24) is 14.8 Å². The van der Waals surface area contributed by atoms with Crippen molar-refractivity contribution in [2.75, 3.05) is 19.5 Å². The molecule has 4 aromatic rings. The van der Waals surface area contributed by atoms with Gasteiger partial charge in [0.05, 0.1) is 13.2 Å². The van der Waals surface area contributed by atoms with Crippen LogP contribution >= 0.6 is 11.8 Å². The minimum absolute atomic E-state index is 0.139. The van der Waals surface area contributed by atoms with Gasteiger partial charge in [-0.3, -0.25) is 4.57 Å². The van der Waals surface area contributed by atoms with E-state index in [1.54, 1.807) is 7.11 Å². The van der Waals surface area contributed by atoms with Crippen LogP contribution in [0.3, 0.4) is 0 Å². The summed E-state index contributed by atoms with van der Waals surface area (Å²) >= 11 is 1.45. The number of para-hydroxylation sites is 1. The Labute approximate surface area is 210 Å². The maximum atomic E-state index is 10.6.